The monoisotopic (exact) mass is 298 g/mol. The molecule has 0 aromatic heterocycles. The lowest BCUT2D eigenvalue weighted by molar-refractivity contribution is -0.125. The number of nitrogens with one attached hydrogen (secondary N) is 1. The quantitative estimate of drug-likeness (QED) is 0.608. The van der Waals surface area contributed by atoms with E-state index in [1.54, 1.807) is 0 Å². The third-order valence-corrected chi connectivity index (χ3v) is 3.55. The molecule has 5 nitrogen and oxygen atoms in total. The standard InChI is InChI=1S/C13H15FN2O3S/c1-7(13(15)19)16-12(18)6-20-11-4-3-9(8(2)17)5-10(11)14/h3-5,7H,6H2,1-2H3,(H2,15,19)(H,16,18). The van der Waals surface area contributed by atoms with Crippen molar-refractivity contribution < 1.29 is 18.8 Å². The lowest BCUT2D eigenvalue weighted by Gasteiger charge is -2.10. The van der Waals surface area contributed by atoms with Crippen molar-refractivity contribution in [2.75, 3.05) is 5.75 Å². The smallest absolute Gasteiger partial charge is 0.239 e. The van der Waals surface area contributed by atoms with E-state index in [0.29, 0.717) is 0 Å². The second-order valence-corrected chi connectivity index (χ2v) is 5.20. The van der Waals surface area contributed by atoms with Crippen molar-refractivity contribution in [1.82, 2.24) is 5.32 Å². The molecule has 1 atom stereocenters. The first kappa shape index (κ1) is 16.2. The summed E-state index contributed by atoms with van der Waals surface area (Å²) in [6, 6.07) is 3.31. The van der Waals surface area contributed by atoms with E-state index in [1.807, 2.05) is 0 Å². The molecule has 0 fully saturated rings. The molecule has 0 aliphatic carbocycles. The van der Waals surface area contributed by atoms with E-state index in [9.17, 15) is 18.8 Å². The molecular weight excluding hydrogens is 283 g/mol. The normalized spacial score (nSPS) is 11.8. The van der Waals surface area contributed by atoms with E-state index < -0.39 is 23.7 Å². The molecular formula is C13H15FN2O3S. The summed E-state index contributed by atoms with van der Waals surface area (Å²) in [4.78, 5) is 33.6. The molecule has 1 unspecified atom stereocenters. The summed E-state index contributed by atoms with van der Waals surface area (Å²) in [7, 11) is 0. The van der Waals surface area contributed by atoms with Crippen LogP contribution >= 0.6 is 11.8 Å². The van der Waals surface area contributed by atoms with Gasteiger partial charge in [0.2, 0.25) is 11.8 Å². The Morgan fingerprint density at radius 2 is 2.05 bits per heavy atom. The van der Waals surface area contributed by atoms with Crippen molar-refractivity contribution in [2.24, 2.45) is 5.73 Å². The maximum atomic E-state index is 13.7. The van der Waals surface area contributed by atoms with Gasteiger partial charge in [-0.15, -0.1) is 11.8 Å². The van der Waals surface area contributed by atoms with Gasteiger partial charge in [-0.05, 0) is 26.0 Å². The van der Waals surface area contributed by atoms with Crippen molar-refractivity contribution in [3.05, 3.63) is 29.6 Å². The molecule has 20 heavy (non-hydrogen) atoms. The molecule has 0 aliphatic rings. The maximum absolute atomic E-state index is 13.7. The van der Waals surface area contributed by atoms with Gasteiger partial charge < -0.3 is 11.1 Å². The predicted octanol–water partition coefficient (Wildman–Crippen LogP) is 1.11. The average molecular weight is 298 g/mol. The van der Waals surface area contributed by atoms with Crippen molar-refractivity contribution in [3.8, 4) is 0 Å². The first-order chi connectivity index (χ1) is 9.31. The number of carbonyl (C=O) groups excluding carboxylic acids is 3. The van der Waals surface area contributed by atoms with Gasteiger partial charge in [-0.3, -0.25) is 14.4 Å². The molecule has 1 aromatic carbocycles. The Bertz CT molecular complexity index is 548. The molecule has 0 saturated heterocycles. The Hall–Kier alpha value is -1.89. The number of ketones is 1. The Morgan fingerprint density at radius 1 is 1.40 bits per heavy atom. The number of hydrogen-bond donors (Lipinski definition) is 2. The second-order valence-electron chi connectivity index (χ2n) is 4.18. The molecule has 3 N–H and O–H groups in total. The van der Waals surface area contributed by atoms with E-state index in [2.05, 4.69) is 5.32 Å². The fraction of sp³-hybridized carbons (Fsp3) is 0.308. The number of rotatable bonds is 6. The first-order valence-electron chi connectivity index (χ1n) is 5.83. The lowest BCUT2D eigenvalue weighted by atomic mass is 10.1. The van der Waals surface area contributed by atoms with E-state index in [4.69, 9.17) is 5.73 Å². The van der Waals surface area contributed by atoms with Crippen LogP contribution in [0.4, 0.5) is 4.39 Å². The van der Waals surface area contributed by atoms with Crippen LogP contribution in [-0.2, 0) is 9.59 Å². The van der Waals surface area contributed by atoms with Gasteiger partial charge in [-0.1, -0.05) is 6.07 Å². The Kier molecular flexibility index (Phi) is 5.69. The van der Waals surface area contributed by atoms with Crippen molar-refractivity contribution >= 4 is 29.4 Å². The number of amides is 2. The number of benzene rings is 1. The van der Waals surface area contributed by atoms with Crippen LogP contribution < -0.4 is 11.1 Å². The van der Waals surface area contributed by atoms with Crippen LogP contribution in [0, 0.1) is 5.82 Å². The van der Waals surface area contributed by atoms with Crippen molar-refractivity contribution in [2.45, 2.75) is 24.8 Å². The molecule has 0 aliphatic heterocycles. The molecule has 2 amide bonds. The lowest BCUT2D eigenvalue weighted by Crippen LogP contribution is -2.42. The van der Waals surface area contributed by atoms with Crippen LogP contribution in [-0.4, -0.2) is 29.4 Å². The van der Waals surface area contributed by atoms with Gasteiger partial charge in [-0.2, -0.15) is 0 Å². The summed E-state index contributed by atoms with van der Waals surface area (Å²) < 4.78 is 13.7. The minimum absolute atomic E-state index is 0.0477. The topological polar surface area (TPSA) is 89.3 Å². The number of Topliss-reactive ketones (excluding diaryl/α,β-unsaturated/α-hetero) is 1. The van der Waals surface area contributed by atoms with Crippen LogP contribution in [0.3, 0.4) is 0 Å². The number of thioether (sulfide) groups is 1. The van der Waals surface area contributed by atoms with Gasteiger partial charge in [-0.25, -0.2) is 4.39 Å². The number of primary amides is 1. The van der Waals surface area contributed by atoms with Crippen LogP contribution in [0.1, 0.15) is 24.2 Å². The second kappa shape index (κ2) is 7.04. The highest BCUT2D eigenvalue weighted by molar-refractivity contribution is 8.00. The number of carbonyl (C=O) groups is 3. The molecule has 0 bridgehead atoms. The molecule has 108 valence electrons. The molecule has 1 aromatic rings. The predicted molar refractivity (Wildman–Crippen MR) is 73.9 cm³/mol. The summed E-state index contributed by atoms with van der Waals surface area (Å²) in [5.41, 5.74) is 5.28. The Morgan fingerprint density at radius 3 is 2.55 bits per heavy atom. The highest BCUT2D eigenvalue weighted by Crippen LogP contribution is 2.22. The van der Waals surface area contributed by atoms with E-state index in [0.717, 1.165) is 17.8 Å². The highest BCUT2D eigenvalue weighted by Gasteiger charge is 2.13. The highest BCUT2D eigenvalue weighted by atomic mass is 32.2. The third-order valence-electron chi connectivity index (χ3n) is 2.50. The molecule has 0 saturated carbocycles. The molecule has 1 rings (SSSR count). The summed E-state index contributed by atoms with van der Waals surface area (Å²) in [5, 5.41) is 2.39. The Balaban J connectivity index is 2.60. The van der Waals surface area contributed by atoms with E-state index >= 15 is 0 Å². The van der Waals surface area contributed by atoms with Gasteiger partial charge in [0.25, 0.3) is 0 Å². The number of halogens is 1. The summed E-state index contributed by atoms with van der Waals surface area (Å²) in [6.45, 7) is 2.81. The maximum Gasteiger partial charge on any atom is 0.239 e. The van der Waals surface area contributed by atoms with Gasteiger partial charge in [0, 0.05) is 10.5 Å². The van der Waals surface area contributed by atoms with Crippen LogP contribution in [0.5, 0.6) is 0 Å². The van der Waals surface area contributed by atoms with Crippen LogP contribution in [0.2, 0.25) is 0 Å². The van der Waals surface area contributed by atoms with Crippen molar-refractivity contribution in [3.63, 3.8) is 0 Å². The number of hydrogen-bond acceptors (Lipinski definition) is 4. The molecule has 7 heteroatoms. The first-order valence-corrected chi connectivity index (χ1v) is 6.81. The summed E-state index contributed by atoms with van der Waals surface area (Å²) in [6.07, 6.45) is 0. The fourth-order valence-corrected chi connectivity index (χ4v) is 2.07. The SMILES string of the molecule is CC(=O)c1ccc(SCC(=O)NC(C)C(N)=O)c(F)c1. The van der Waals surface area contributed by atoms with Gasteiger partial charge in [0.05, 0.1) is 5.75 Å². The van der Waals surface area contributed by atoms with Crippen LogP contribution in [0.25, 0.3) is 0 Å². The van der Waals surface area contributed by atoms with Gasteiger partial charge in [0.1, 0.15) is 11.9 Å². The zero-order chi connectivity index (χ0) is 15.3. The minimum atomic E-state index is -0.770. The van der Waals surface area contributed by atoms with E-state index in [1.165, 1.54) is 26.0 Å². The molecule has 0 spiro atoms. The van der Waals surface area contributed by atoms with Crippen LogP contribution in [0.15, 0.2) is 23.1 Å². The zero-order valence-electron chi connectivity index (χ0n) is 11.1. The Labute approximate surface area is 120 Å². The van der Waals surface area contributed by atoms with Gasteiger partial charge in [0.15, 0.2) is 5.78 Å². The van der Waals surface area contributed by atoms with Crippen molar-refractivity contribution in [1.29, 1.82) is 0 Å². The summed E-state index contributed by atoms with van der Waals surface area (Å²) >= 11 is 0.979. The fourth-order valence-electron chi connectivity index (χ4n) is 1.33. The largest absolute Gasteiger partial charge is 0.368 e. The summed E-state index contributed by atoms with van der Waals surface area (Å²) in [5.74, 6) is -1.89. The minimum Gasteiger partial charge on any atom is -0.368 e. The third kappa shape index (κ3) is 4.65. The molecule has 0 radical (unpaired) electrons. The van der Waals surface area contributed by atoms with E-state index in [-0.39, 0.29) is 22.0 Å². The number of nitrogens with two attached hydrogens (primary N) is 1. The van der Waals surface area contributed by atoms with Gasteiger partial charge >= 0.3 is 0 Å². The zero-order valence-corrected chi connectivity index (χ0v) is 11.9. The average Bonchev–Trinajstić information content (AvgIpc) is 2.36. The molecule has 0 heterocycles.